The first-order chi connectivity index (χ1) is 11.0. The first-order valence-corrected chi connectivity index (χ1v) is 9.81. The highest BCUT2D eigenvalue weighted by molar-refractivity contribution is 7.89. The first kappa shape index (κ1) is 16.9. The molecule has 1 aromatic carbocycles. The topological polar surface area (TPSA) is 40.6 Å². The molecule has 0 radical (unpaired) electrons. The number of benzene rings is 1. The number of hydrogen-bond donors (Lipinski definition) is 0. The minimum Gasteiger partial charge on any atom is -0.296 e. The van der Waals surface area contributed by atoms with E-state index in [2.05, 4.69) is 4.90 Å². The van der Waals surface area contributed by atoms with E-state index in [9.17, 15) is 12.8 Å². The van der Waals surface area contributed by atoms with Crippen molar-refractivity contribution in [3.05, 3.63) is 51.4 Å². The summed E-state index contributed by atoms with van der Waals surface area (Å²) in [5, 5.41) is 0. The van der Waals surface area contributed by atoms with Crippen molar-refractivity contribution in [3.63, 3.8) is 0 Å². The van der Waals surface area contributed by atoms with Crippen molar-refractivity contribution < 1.29 is 12.8 Å². The van der Waals surface area contributed by atoms with Gasteiger partial charge in [0.15, 0.2) is 0 Å². The van der Waals surface area contributed by atoms with Crippen LogP contribution in [0, 0.1) is 5.82 Å². The number of hydrogen-bond acceptors (Lipinski definition) is 4. The molecule has 1 aromatic heterocycles. The number of piperazine rings is 1. The molecule has 1 saturated heterocycles. The Kier molecular flexibility index (Phi) is 5.03. The Balaban J connectivity index is 1.65. The van der Waals surface area contributed by atoms with E-state index >= 15 is 0 Å². The van der Waals surface area contributed by atoms with E-state index in [4.69, 9.17) is 11.6 Å². The van der Waals surface area contributed by atoms with E-state index in [1.54, 1.807) is 0 Å². The molecule has 1 fully saturated rings. The Hall–Kier alpha value is -0.990. The van der Waals surface area contributed by atoms with E-state index in [1.807, 2.05) is 12.1 Å². The van der Waals surface area contributed by atoms with Gasteiger partial charge in [-0.2, -0.15) is 4.31 Å². The Labute approximate surface area is 144 Å². The minimum absolute atomic E-state index is 0.251. The molecule has 1 aliphatic rings. The standard InChI is InChI=1S/C15H16ClFN2O2S2/c16-15-6-5-12(22-15)11-18-7-9-19(10-8-18)23(20,21)14-4-2-1-3-13(14)17/h1-6H,7-11H2. The SMILES string of the molecule is O=S(=O)(c1ccccc1F)N1CCN(Cc2ccc(Cl)s2)CC1. The average Bonchev–Trinajstić information content (AvgIpc) is 2.93. The van der Waals surface area contributed by atoms with Crippen molar-refractivity contribution in [2.24, 2.45) is 0 Å². The molecule has 0 aliphatic carbocycles. The second-order valence-electron chi connectivity index (χ2n) is 5.32. The Morgan fingerprint density at radius 2 is 1.78 bits per heavy atom. The molecule has 1 aliphatic heterocycles. The molecule has 3 rings (SSSR count). The van der Waals surface area contributed by atoms with Crippen LogP contribution in [-0.4, -0.2) is 43.8 Å². The first-order valence-electron chi connectivity index (χ1n) is 7.18. The lowest BCUT2D eigenvalue weighted by atomic mass is 10.3. The molecule has 124 valence electrons. The normalized spacial score (nSPS) is 17.5. The van der Waals surface area contributed by atoms with Crippen LogP contribution < -0.4 is 0 Å². The van der Waals surface area contributed by atoms with Gasteiger partial charge in [-0.1, -0.05) is 23.7 Å². The predicted molar refractivity (Wildman–Crippen MR) is 89.8 cm³/mol. The molecule has 4 nitrogen and oxygen atoms in total. The van der Waals surface area contributed by atoms with Crippen LogP contribution in [-0.2, 0) is 16.6 Å². The van der Waals surface area contributed by atoms with E-state index < -0.39 is 15.8 Å². The van der Waals surface area contributed by atoms with Crippen LogP contribution in [0.5, 0.6) is 0 Å². The number of nitrogens with zero attached hydrogens (tertiary/aromatic N) is 2. The van der Waals surface area contributed by atoms with Crippen molar-refractivity contribution >= 4 is 33.0 Å². The molecule has 8 heteroatoms. The van der Waals surface area contributed by atoms with Crippen molar-refractivity contribution in [1.82, 2.24) is 9.21 Å². The van der Waals surface area contributed by atoms with Gasteiger partial charge in [-0.25, -0.2) is 12.8 Å². The minimum atomic E-state index is -3.77. The lowest BCUT2D eigenvalue weighted by molar-refractivity contribution is 0.182. The number of sulfonamides is 1. The second-order valence-corrected chi connectivity index (χ2v) is 9.02. The predicted octanol–water partition coefficient (Wildman–Crippen LogP) is 3.05. The van der Waals surface area contributed by atoms with Gasteiger partial charge in [0, 0.05) is 37.6 Å². The fourth-order valence-electron chi connectivity index (χ4n) is 2.58. The van der Waals surface area contributed by atoms with Crippen LogP contribution in [0.15, 0.2) is 41.3 Å². The number of rotatable bonds is 4. The van der Waals surface area contributed by atoms with Gasteiger partial charge in [-0.3, -0.25) is 4.90 Å². The smallest absolute Gasteiger partial charge is 0.246 e. The van der Waals surface area contributed by atoms with Crippen LogP contribution in [0.1, 0.15) is 4.88 Å². The summed E-state index contributed by atoms with van der Waals surface area (Å²) < 4.78 is 40.9. The third-order valence-electron chi connectivity index (χ3n) is 3.79. The summed E-state index contributed by atoms with van der Waals surface area (Å²) in [5.41, 5.74) is 0. The summed E-state index contributed by atoms with van der Waals surface area (Å²) in [7, 11) is -3.77. The zero-order valence-corrected chi connectivity index (χ0v) is 14.7. The third kappa shape index (κ3) is 3.75. The molecule has 0 atom stereocenters. The van der Waals surface area contributed by atoms with Gasteiger partial charge in [0.25, 0.3) is 0 Å². The number of thiophene rings is 1. The third-order valence-corrected chi connectivity index (χ3v) is 6.94. The summed E-state index contributed by atoms with van der Waals surface area (Å²) in [6.07, 6.45) is 0. The summed E-state index contributed by atoms with van der Waals surface area (Å²) >= 11 is 7.45. The monoisotopic (exact) mass is 374 g/mol. The molecule has 0 bridgehead atoms. The Morgan fingerprint density at radius 1 is 1.09 bits per heavy atom. The summed E-state index contributed by atoms with van der Waals surface area (Å²) in [6, 6.07) is 9.34. The fourth-order valence-corrected chi connectivity index (χ4v) is 5.20. The van der Waals surface area contributed by atoms with Gasteiger partial charge in [-0.05, 0) is 24.3 Å². The highest BCUT2D eigenvalue weighted by Gasteiger charge is 2.30. The number of halogens is 2. The molecule has 0 amide bonds. The van der Waals surface area contributed by atoms with Crippen LogP contribution in [0.3, 0.4) is 0 Å². The average molecular weight is 375 g/mol. The van der Waals surface area contributed by atoms with Gasteiger partial charge in [0.1, 0.15) is 10.7 Å². The van der Waals surface area contributed by atoms with Gasteiger partial charge in [0.05, 0.1) is 4.34 Å². The fraction of sp³-hybridized carbons (Fsp3) is 0.333. The second kappa shape index (κ2) is 6.86. The van der Waals surface area contributed by atoms with E-state index in [1.165, 1.54) is 39.9 Å². The van der Waals surface area contributed by atoms with Crippen LogP contribution in [0.2, 0.25) is 4.34 Å². The molecule has 0 N–H and O–H groups in total. The Morgan fingerprint density at radius 3 is 2.39 bits per heavy atom. The van der Waals surface area contributed by atoms with E-state index in [0.717, 1.165) is 15.8 Å². The molecular formula is C15H16ClFN2O2S2. The largest absolute Gasteiger partial charge is 0.296 e. The maximum Gasteiger partial charge on any atom is 0.246 e. The summed E-state index contributed by atoms with van der Waals surface area (Å²) in [6.45, 7) is 2.70. The lowest BCUT2D eigenvalue weighted by Crippen LogP contribution is -2.48. The molecule has 2 aromatic rings. The quantitative estimate of drug-likeness (QED) is 0.825. The van der Waals surface area contributed by atoms with Crippen molar-refractivity contribution in [1.29, 1.82) is 0 Å². The van der Waals surface area contributed by atoms with Crippen LogP contribution in [0.4, 0.5) is 4.39 Å². The molecule has 2 heterocycles. The van der Waals surface area contributed by atoms with Crippen LogP contribution >= 0.6 is 22.9 Å². The van der Waals surface area contributed by atoms with Crippen molar-refractivity contribution in [2.75, 3.05) is 26.2 Å². The molecule has 0 spiro atoms. The van der Waals surface area contributed by atoms with E-state index in [-0.39, 0.29) is 4.90 Å². The van der Waals surface area contributed by atoms with E-state index in [0.29, 0.717) is 26.2 Å². The van der Waals surface area contributed by atoms with Gasteiger partial charge < -0.3 is 0 Å². The zero-order valence-electron chi connectivity index (χ0n) is 12.3. The Bertz CT molecular complexity index is 786. The van der Waals surface area contributed by atoms with Crippen molar-refractivity contribution in [3.8, 4) is 0 Å². The summed E-state index contributed by atoms with van der Waals surface area (Å²) in [4.78, 5) is 3.08. The highest BCUT2D eigenvalue weighted by atomic mass is 35.5. The molecule has 0 unspecified atom stereocenters. The summed E-state index contributed by atoms with van der Waals surface area (Å²) in [5.74, 6) is -0.705. The maximum absolute atomic E-state index is 13.8. The molecule has 0 saturated carbocycles. The van der Waals surface area contributed by atoms with Crippen molar-refractivity contribution in [2.45, 2.75) is 11.4 Å². The molecular weight excluding hydrogens is 359 g/mol. The zero-order chi connectivity index (χ0) is 16.4. The maximum atomic E-state index is 13.8. The van der Waals surface area contributed by atoms with Gasteiger partial charge >= 0.3 is 0 Å². The lowest BCUT2D eigenvalue weighted by Gasteiger charge is -2.33. The molecule has 23 heavy (non-hydrogen) atoms. The van der Waals surface area contributed by atoms with Gasteiger partial charge in [0.2, 0.25) is 10.0 Å². The van der Waals surface area contributed by atoms with Gasteiger partial charge in [-0.15, -0.1) is 11.3 Å². The highest BCUT2D eigenvalue weighted by Crippen LogP contribution is 2.24. The van der Waals surface area contributed by atoms with Crippen LogP contribution in [0.25, 0.3) is 0 Å².